The molecule has 5 nitrogen and oxygen atoms in total. The van der Waals surface area contributed by atoms with Gasteiger partial charge in [-0.25, -0.2) is 14.2 Å². The smallest absolute Gasteiger partial charge is 0.358 e. The van der Waals surface area contributed by atoms with Crippen molar-refractivity contribution in [2.75, 3.05) is 0 Å². The third kappa shape index (κ3) is 4.66. The summed E-state index contributed by atoms with van der Waals surface area (Å²) < 4.78 is 18.2. The van der Waals surface area contributed by atoms with Crippen LogP contribution in [0.15, 0.2) is 29.6 Å². The van der Waals surface area contributed by atoms with Crippen molar-refractivity contribution in [3.05, 3.63) is 41.2 Å². The van der Waals surface area contributed by atoms with Gasteiger partial charge in [-0.2, -0.15) is 0 Å². The van der Waals surface area contributed by atoms with Crippen molar-refractivity contribution in [1.29, 1.82) is 0 Å². The molecule has 0 radical (unpaired) electrons. The summed E-state index contributed by atoms with van der Waals surface area (Å²) >= 11 is 1.27. The molecule has 1 saturated carbocycles. The van der Waals surface area contributed by atoms with Crippen LogP contribution in [0.4, 0.5) is 4.39 Å². The zero-order valence-corrected chi connectivity index (χ0v) is 15.4. The number of carbonyl (C=O) groups excluding carboxylic acids is 2. The van der Waals surface area contributed by atoms with Crippen molar-refractivity contribution in [1.82, 2.24) is 10.3 Å². The molecule has 1 N–H and O–H groups in total. The van der Waals surface area contributed by atoms with Gasteiger partial charge in [0.2, 0.25) is 0 Å². The Morgan fingerprint density at radius 1 is 1.23 bits per heavy atom. The maximum atomic E-state index is 13.0. The predicted molar refractivity (Wildman–Crippen MR) is 97.4 cm³/mol. The average molecular weight is 376 g/mol. The fourth-order valence-electron chi connectivity index (χ4n) is 2.93. The molecule has 0 saturated heterocycles. The Morgan fingerprint density at radius 2 is 1.92 bits per heavy atom. The van der Waals surface area contributed by atoms with E-state index >= 15 is 0 Å². The molecular formula is C19H21FN2O3S. The minimum absolute atomic E-state index is 0.145. The number of halogens is 1. The fourth-order valence-corrected chi connectivity index (χ4v) is 3.73. The number of aromatic nitrogens is 1. The van der Waals surface area contributed by atoms with Gasteiger partial charge in [0.15, 0.2) is 11.8 Å². The quantitative estimate of drug-likeness (QED) is 0.803. The second-order valence-electron chi connectivity index (χ2n) is 6.44. The maximum absolute atomic E-state index is 13.0. The number of amides is 1. The van der Waals surface area contributed by atoms with Crippen LogP contribution in [0.5, 0.6) is 0 Å². The van der Waals surface area contributed by atoms with Crippen LogP contribution in [0.3, 0.4) is 0 Å². The zero-order valence-electron chi connectivity index (χ0n) is 14.5. The number of ether oxygens (including phenoxy) is 1. The summed E-state index contributed by atoms with van der Waals surface area (Å²) in [5.74, 6) is -1.25. The van der Waals surface area contributed by atoms with E-state index in [1.807, 2.05) is 0 Å². The number of hydrogen-bond donors (Lipinski definition) is 1. The van der Waals surface area contributed by atoms with Gasteiger partial charge in [-0.3, -0.25) is 4.79 Å². The first-order chi connectivity index (χ1) is 12.5. The van der Waals surface area contributed by atoms with E-state index in [4.69, 9.17) is 4.74 Å². The van der Waals surface area contributed by atoms with E-state index in [0.717, 1.165) is 31.2 Å². The summed E-state index contributed by atoms with van der Waals surface area (Å²) in [6.07, 6.45) is 4.50. The topological polar surface area (TPSA) is 68.3 Å². The van der Waals surface area contributed by atoms with Crippen molar-refractivity contribution in [3.63, 3.8) is 0 Å². The molecule has 1 amide bonds. The molecule has 138 valence electrons. The monoisotopic (exact) mass is 376 g/mol. The van der Waals surface area contributed by atoms with E-state index in [2.05, 4.69) is 10.3 Å². The van der Waals surface area contributed by atoms with E-state index in [-0.39, 0.29) is 23.5 Å². The Kier molecular flexibility index (Phi) is 5.98. The molecule has 0 bridgehead atoms. The highest BCUT2D eigenvalue weighted by atomic mass is 32.1. The normalized spacial score (nSPS) is 16.1. The van der Waals surface area contributed by atoms with Crippen LogP contribution >= 0.6 is 11.3 Å². The molecule has 1 aromatic carbocycles. The summed E-state index contributed by atoms with van der Waals surface area (Å²) in [6.45, 7) is 1.56. The second-order valence-corrected chi connectivity index (χ2v) is 7.29. The third-order valence-electron chi connectivity index (χ3n) is 4.41. The number of thiazole rings is 1. The van der Waals surface area contributed by atoms with Gasteiger partial charge >= 0.3 is 5.97 Å². The molecule has 1 aliphatic carbocycles. The van der Waals surface area contributed by atoms with Gasteiger partial charge in [-0.1, -0.05) is 19.3 Å². The van der Waals surface area contributed by atoms with Crippen LogP contribution < -0.4 is 5.32 Å². The first kappa shape index (κ1) is 18.5. The molecule has 1 atom stereocenters. The molecule has 0 aliphatic heterocycles. The fraction of sp³-hybridized carbons (Fsp3) is 0.421. The first-order valence-electron chi connectivity index (χ1n) is 8.76. The van der Waals surface area contributed by atoms with Crippen molar-refractivity contribution in [3.8, 4) is 10.6 Å². The predicted octanol–water partition coefficient (Wildman–Crippen LogP) is 3.94. The van der Waals surface area contributed by atoms with Gasteiger partial charge in [0.25, 0.3) is 5.91 Å². The van der Waals surface area contributed by atoms with Gasteiger partial charge < -0.3 is 10.1 Å². The molecule has 1 heterocycles. The molecule has 26 heavy (non-hydrogen) atoms. The number of hydrogen-bond acceptors (Lipinski definition) is 5. The van der Waals surface area contributed by atoms with Gasteiger partial charge in [0.1, 0.15) is 10.8 Å². The van der Waals surface area contributed by atoms with Crippen LogP contribution in [0.2, 0.25) is 0 Å². The van der Waals surface area contributed by atoms with Crippen LogP contribution in [0.25, 0.3) is 10.6 Å². The van der Waals surface area contributed by atoms with E-state index < -0.39 is 12.1 Å². The standard InChI is InChI=1S/C19H21FN2O3S/c1-12(17(23)21-15-5-3-2-4-6-15)25-19(24)16-11-26-18(22-16)13-7-9-14(20)10-8-13/h7-12,15H,2-6H2,1H3,(H,21,23)/t12-/m1/s1. The molecule has 1 aliphatic rings. The largest absolute Gasteiger partial charge is 0.448 e. The minimum atomic E-state index is -0.875. The van der Waals surface area contributed by atoms with Crippen LogP contribution in [0, 0.1) is 5.82 Å². The van der Waals surface area contributed by atoms with E-state index in [1.165, 1.54) is 29.9 Å². The molecule has 1 aromatic heterocycles. The van der Waals surface area contributed by atoms with Crippen LogP contribution in [-0.4, -0.2) is 29.0 Å². The molecule has 0 unspecified atom stereocenters. The lowest BCUT2D eigenvalue weighted by molar-refractivity contribution is -0.130. The van der Waals surface area contributed by atoms with Gasteiger partial charge in [0, 0.05) is 17.0 Å². The Morgan fingerprint density at radius 3 is 2.62 bits per heavy atom. The van der Waals surface area contributed by atoms with Crippen molar-refractivity contribution in [2.24, 2.45) is 0 Å². The summed E-state index contributed by atoms with van der Waals surface area (Å²) in [7, 11) is 0. The number of nitrogens with one attached hydrogen (secondary N) is 1. The molecule has 0 spiro atoms. The lowest BCUT2D eigenvalue weighted by Gasteiger charge is -2.24. The highest BCUT2D eigenvalue weighted by molar-refractivity contribution is 7.13. The van der Waals surface area contributed by atoms with Crippen molar-refractivity contribution < 1.29 is 18.7 Å². The van der Waals surface area contributed by atoms with Crippen molar-refractivity contribution in [2.45, 2.75) is 51.2 Å². The second kappa shape index (κ2) is 8.40. The number of carbonyl (C=O) groups is 2. The maximum Gasteiger partial charge on any atom is 0.358 e. The zero-order chi connectivity index (χ0) is 18.5. The first-order valence-corrected chi connectivity index (χ1v) is 9.63. The summed E-state index contributed by atoms with van der Waals surface area (Å²) in [5.41, 5.74) is 0.866. The average Bonchev–Trinajstić information content (AvgIpc) is 3.13. The number of rotatable bonds is 5. The SMILES string of the molecule is C[C@@H](OC(=O)c1csc(-c2ccc(F)cc2)n1)C(=O)NC1CCCCC1. The summed E-state index contributed by atoms with van der Waals surface area (Å²) in [4.78, 5) is 28.7. The van der Waals surface area contributed by atoms with Gasteiger partial charge in [0.05, 0.1) is 0 Å². The Hall–Kier alpha value is -2.28. The van der Waals surface area contributed by atoms with Crippen LogP contribution in [-0.2, 0) is 9.53 Å². The van der Waals surface area contributed by atoms with E-state index in [9.17, 15) is 14.0 Å². The molecule has 3 rings (SSSR count). The molecule has 2 aromatic rings. The number of benzene rings is 1. The highest BCUT2D eigenvalue weighted by Gasteiger charge is 2.24. The van der Waals surface area contributed by atoms with Crippen molar-refractivity contribution >= 4 is 23.2 Å². The Labute approximate surface area is 155 Å². The lowest BCUT2D eigenvalue weighted by Crippen LogP contribution is -2.42. The Balaban J connectivity index is 1.57. The highest BCUT2D eigenvalue weighted by Crippen LogP contribution is 2.24. The minimum Gasteiger partial charge on any atom is -0.448 e. The summed E-state index contributed by atoms with van der Waals surface area (Å²) in [6, 6.07) is 6.05. The third-order valence-corrected chi connectivity index (χ3v) is 5.30. The molecular weight excluding hydrogens is 355 g/mol. The number of nitrogens with zero attached hydrogens (tertiary/aromatic N) is 1. The van der Waals surface area contributed by atoms with E-state index in [0.29, 0.717) is 5.01 Å². The van der Waals surface area contributed by atoms with Gasteiger partial charge in [-0.05, 0) is 44.0 Å². The number of esters is 1. The molecule has 1 fully saturated rings. The van der Waals surface area contributed by atoms with Gasteiger partial charge in [-0.15, -0.1) is 11.3 Å². The summed E-state index contributed by atoms with van der Waals surface area (Å²) in [5, 5.41) is 5.11. The lowest BCUT2D eigenvalue weighted by atomic mass is 9.95. The van der Waals surface area contributed by atoms with E-state index in [1.54, 1.807) is 24.4 Å². The molecule has 7 heteroatoms. The Bertz CT molecular complexity index is 769. The van der Waals surface area contributed by atoms with Crippen LogP contribution in [0.1, 0.15) is 49.5 Å².